The van der Waals surface area contributed by atoms with Gasteiger partial charge in [-0.05, 0) is 25.5 Å². The molecule has 1 unspecified atom stereocenters. The van der Waals surface area contributed by atoms with Gasteiger partial charge in [0.1, 0.15) is 5.82 Å². The molecule has 5 heteroatoms. The van der Waals surface area contributed by atoms with Crippen LogP contribution in [0.3, 0.4) is 0 Å². The Kier molecular flexibility index (Phi) is 3.86. The molecule has 1 aliphatic carbocycles. The Bertz CT molecular complexity index is 309. The minimum atomic E-state index is 0.668. The maximum atomic E-state index is 4.48. The molecule has 0 saturated heterocycles. The Morgan fingerprint density at radius 3 is 3.07 bits per heavy atom. The average molecular weight is 243 g/mol. The highest BCUT2D eigenvalue weighted by molar-refractivity contribution is 7.99. The molecule has 1 atom stereocenters. The standard InChI is InChI=1S/C10H17N3S2/c1-7(14-2)5-6-11-10-12-9(13-15-10)8-3-4-8/h7-8H,3-6H2,1-2H3,(H,11,12,13). The highest BCUT2D eigenvalue weighted by atomic mass is 32.2. The SMILES string of the molecule is CSC(C)CCNc1nc(C2CC2)ns1. The van der Waals surface area contributed by atoms with Gasteiger partial charge in [-0.15, -0.1) is 0 Å². The fourth-order valence-corrected chi connectivity index (χ4v) is 2.34. The van der Waals surface area contributed by atoms with E-state index in [0.29, 0.717) is 11.2 Å². The first-order valence-corrected chi connectivity index (χ1v) is 7.46. The second-order valence-corrected chi connectivity index (χ2v) is 6.02. The van der Waals surface area contributed by atoms with E-state index in [2.05, 4.69) is 27.9 Å². The lowest BCUT2D eigenvalue weighted by Gasteiger charge is -2.07. The van der Waals surface area contributed by atoms with Crippen molar-refractivity contribution in [1.29, 1.82) is 0 Å². The maximum Gasteiger partial charge on any atom is 0.202 e. The van der Waals surface area contributed by atoms with Gasteiger partial charge in [-0.2, -0.15) is 16.1 Å². The largest absolute Gasteiger partial charge is 0.360 e. The first-order chi connectivity index (χ1) is 7.29. The van der Waals surface area contributed by atoms with Crippen molar-refractivity contribution < 1.29 is 0 Å². The van der Waals surface area contributed by atoms with Crippen molar-refractivity contribution in [1.82, 2.24) is 9.36 Å². The van der Waals surface area contributed by atoms with E-state index in [4.69, 9.17) is 0 Å². The van der Waals surface area contributed by atoms with Gasteiger partial charge in [0.2, 0.25) is 5.13 Å². The molecule has 0 bridgehead atoms. The lowest BCUT2D eigenvalue weighted by atomic mass is 10.3. The molecule has 0 amide bonds. The van der Waals surface area contributed by atoms with Crippen molar-refractivity contribution in [3.05, 3.63) is 5.82 Å². The molecule has 1 heterocycles. The fourth-order valence-electron chi connectivity index (χ4n) is 1.31. The van der Waals surface area contributed by atoms with Crippen LogP contribution in [-0.4, -0.2) is 27.4 Å². The van der Waals surface area contributed by atoms with Gasteiger partial charge in [-0.3, -0.25) is 0 Å². The summed E-state index contributed by atoms with van der Waals surface area (Å²) < 4.78 is 4.36. The molecule has 0 aliphatic heterocycles. The van der Waals surface area contributed by atoms with Crippen molar-refractivity contribution in [3.8, 4) is 0 Å². The molecule has 1 saturated carbocycles. The van der Waals surface area contributed by atoms with Crippen molar-refractivity contribution in [2.45, 2.75) is 37.4 Å². The van der Waals surface area contributed by atoms with Crippen LogP contribution in [0.15, 0.2) is 0 Å². The van der Waals surface area contributed by atoms with E-state index < -0.39 is 0 Å². The molecule has 3 nitrogen and oxygen atoms in total. The Hall–Kier alpha value is -0.290. The molecule has 1 aromatic rings. The summed E-state index contributed by atoms with van der Waals surface area (Å²) in [5.74, 6) is 1.72. The maximum absolute atomic E-state index is 4.48. The molecule has 1 aliphatic rings. The fraction of sp³-hybridized carbons (Fsp3) is 0.800. The van der Waals surface area contributed by atoms with Gasteiger partial charge in [-0.25, -0.2) is 4.98 Å². The monoisotopic (exact) mass is 243 g/mol. The Morgan fingerprint density at radius 2 is 2.40 bits per heavy atom. The molecule has 2 rings (SSSR count). The van der Waals surface area contributed by atoms with Gasteiger partial charge < -0.3 is 5.32 Å². The second-order valence-electron chi connectivity index (χ2n) is 3.99. The van der Waals surface area contributed by atoms with Gasteiger partial charge in [0, 0.05) is 29.2 Å². The van der Waals surface area contributed by atoms with E-state index in [9.17, 15) is 0 Å². The zero-order valence-electron chi connectivity index (χ0n) is 9.19. The summed E-state index contributed by atoms with van der Waals surface area (Å²) in [5.41, 5.74) is 0. The first kappa shape index (κ1) is 11.2. The van der Waals surface area contributed by atoms with Gasteiger partial charge in [0.25, 0.3) is 0 Å². The predicted octanol–water partition coefficient (Wildman–Crippen LogP) is 2.97. The lowest BCUT2D eigenvalue weighted by Crippen LogP contribution is -2.07. The highest BCUT2D eigenvalue weighted by Crippen LogP contribution is 2.39. The van der Waals surface area contributed by atoms with E-state index >= 15 is 0 Å². The molecule has 0 aromatic carbocycles. The van der Waals surface area contributed by atoms with Gasteiger partial charge >= 0.3 is 0 Å². The minimum Gasteiger partial charge on any atom is -0.360 e. The van der Waals surface area contributed by atoms with E-state index in [1.54, 1.807) is 0 Å². The molecule has 1 aromatic heterocycles. The third kappa shape index (κ3) is 3.34. The van der Waals surface area contributed by atoms with E-state index in [1.807, 2.05) is 11.8 Å². The number of anilines is 1. The number of thioether (sulfide) groups is 1. The van der Waals surface area contributed by atoms with Crippen LogP contribution in [0.25, 0.3) is 0 Å². The summed E-state index contributed by atoms with van der Waals surface area (Å²) in [6.07, 6.45) is 5.89. The highest BCUT2D eigenvalue weighted by Gasteiger charge is 2.27. The van der Waals surface area contributed by atoms with Crippen LogP contribution in [0.5, 0.6) is 0 Å². The Balaban J connectivity index is 1.73. The van der Waals surface area contributed by atoms with Crippen LogP contribution < -0.4 is 5.32 Å². The quantitative estimate of drug-likeness (QED) is 0.833. The Morgan fingerprint density at radius 1 is 1.60 bits per heavy atom. The van der Waals surface area contributed by atoms with Gasteiger partial charge in [0.05, 0.1) is 0 Å². The number of nitrogens with zero attached hydrogens (tertiary/aromatic N) is 2. The summed E-state index contributed by atoms with van der Waals surface area (Å²) >= 11 is 3.41. The topological polar surface area (TPSA) is 37.8 Å². The summed E-state index contributed by atoms with van der Waals surface area (Å²) in [4.78, 5) is 4.48. The van der Waals surface area contributed by atoms with Gasteiger partial charge in [0.15, 0.2) is 0 Å². The van der Waals surface area contributed by atoms with Crippen molar-refractivity contribution in [2.24, 2.45) is 0 Å². The van der Waals surface area contributed by atoms with Crippen molar-refractivity contribution in [2.75, 3.05) is 18.1 Å². The average Bonchev–Trinajstić information content (AvgIpc) is 2.99. The molecule has 1 fully saturated rings. The molecule has 0 spiro atoms. The van der Waals surface area contributed by atoms with Crippen LogP contribution in [0.2, 0.25) is 0 Å². The number of hydrogen-bond donors (Lipinski definition) is 1. The smallest absolute Gasteiger partial charge is 0.202 e. The molecule has 0 radical (unpaired) electrons. The van der Waals surface area contributed by atoms with Gasteiger partial charge in [-0.1, -0.05) is 6.92 Å². The normalized spacial score (nSPS) is 17.7. The summed E-state index contributed by atoms with van der Waals surface area (Å²) in [6, 6.07) is 0. The van der Waals surface area contributed by atoms with Crippen LogP contribution >= 0.6 is 23.3 Å². The van der Waals surface area contributed by atoms with Crippen LogP contribution in [-0.2, 0) is 0 Å². The number of nitrogens with one attached hydrogen (secondary N) is 1. The number of rotatable bonds is 6. The third-order valence-corrected chi connectivity index (χ3v) is 4.34. The van der Waals surface area contributed by atoms with E-state index in [1.165, 1.54) is 30.8 Å². The zero-order valence-corrected chi connectivity index (χ0v) is 10.8. The summed E-state index contributed by atoms with van der Waals surface area (Å²) in [5, 5.41) is 5.05. The van der Waals surface area contributed by atoms with Crippen LogP contribution in [0, 0.1) is 0 Å². The van der Waals surface area contributed by atoms with Crippen LogP contribution in [0.1, 0.15) is 37.9 Å². The lowest BCUT2D eigenvalue weighted by molar-refractivity contribution is 0.851. The van der Waals surface area contributed by atoms with Crippen molar-refractivity contribution in [3.63, 3.8) is 0 Å². The first-order valence-electron chi connectivity index (χ1n) is 5.40. The molecule has 15 heavy (non-hydrogen) atoms. The third-order valence-electron chi connectivity index (χ3n) is 2.61. The zero-order chi connectivity index (χ0) is 10.7. The molecule has 84 valence electrons. The minimum absolute atomic E-state index is 0.668. The number of aromatic nitrogens is 2. The molecule has 1 N–H and O–H groups in total. The number of hydrogen-bond acceptors (Lipinski definition) is 5. The molecular formula is C10H17N3S2. The second kappa shape index (κ2) is 5.16. The Labute approximate surface area is 99.2 Å². The molecular weight excluding hydrogens is 226 g/mol. The van der Waals surface area contributed by atoms with Crippen molar-refractivity contribution >= 4 is 28.4 Å². The van der Waals surface area contributed by atoms with Crippen LogP contribution in [0.4, 0.5) is 5.13 Å². The summed E-state index contributed by atoms with van der Waals surface area (Å²) in [7, 11) is 0. The van der Waals surface area contributed by atoms with E-state index in [0.717, 1.165) is 17.5 Å². The summed E-state index contributed by atoms with van der Waals surface area (Å²) in [6.45, 7) is 3.25. The van der Waals surface area contributed by atoms with E-state index in [-0.39, 0.29) is 0 Å². The predicted molar refractivity (Wildman–Crippen MR) is 68.0 cm³/mol.